The van der Waals surface area contributed by atoms with Crippen LogP contribution in [-0.4, -0.2) is 68.6 Å². The Morgan fingerprint density at radius 2 is 1.74 bits per heavy atom. The fourth-order valence-corrected chi connectivity index (χ4v) is 3.03. The van der Waals surface area contributed by atoms with Crippen molar-refractivity contribution in [2.45, 2.75) is 32.1 Å². The zero-order valence-corrected chi connectivity index (χ0v) is 12.0. The summed E-state index contributed by atoms with van der Waals surface area (Å²) in [5.41, 5.74) is 0. The van der Waals surface area contributed by atoms with Crippen molar-refractivity contribution in [3.8, 4) is 0 Å². The third kappa shape index (κ3) is 5.59. The number of carbonyl (C=O) groups excluding carboxylic acids is 1. The summed E-state index contributed by atoms with van der Waals surface area (Å²) in [4.78, 5) is 15.2. The third-order valence-corrected chi connectivity index (χ3v) is 4.33. The Morgan fingerprint density at radius 1 is 1.05 bits per heavy atom. The Kier molecular flexibility index (Phi) is 6.82. The monoisotopic (exact) mass is 267 g/mol. The van der Waals surface area contributed by atoms with E-state index in [9.17, 15) is 4.79 Å². The van der Waals surface area contributed by atoms with E-state index < -0.39 is 0 Å². The molecule has 0 spiro atoms. The number of piperazine rings is 1. The lowest BCUT2D eigenvalue weighted by Crippen LogP contribution is -2.46. The van der Waals surface area contributed by atoms with Crippen molar-refractivity contribution < 1.29 is 9.53 Å². The summed E-state index contributed by atoms with van der Waals surface area (Å²) >= 11 is 0. The van der Waals surface area contributed by atoms with Gasteiger partial charge >= 0.3 is 0 Å². The van der Waals surface area contributed by atoms with E-state index in [1.807, 2.05) is 6.29 Å². The Hall–Kier alpha value is -0.450. The molecule has 0 aromatic heterocycles. The molecular formula is C15H27N2O2. The lowest BCUT2D eigenvalue weighted by molar-refractivity contribution is 0.128. The van der Waals surface area contributed by atoms with Crippen LogP contribution in [0.1, 0.15) is 32.1 Å². The largest absolute Gasteiger partial charge is 0.381 e. The number of hydrogen-bond donors (Lipinski definition) is 0. The molecule has 0 bridgehead atoms. The molecule has 1 radical (unpaired) electrons. The van der Waals surface area contributed by atoms with Crippen molar-refractivity contribution in [3.05, 3.63) is 0 Å². The molecule has 109 valence electrons. The molecular weight excluding hydrogens is 240 g/mol. The maximum atomic E-state index is 10.2. The number of unbranched alkanes of at least 4 members (excludes halogenated alkanes) is 1. The van der Waals surface area contributed by atoms with Gasteiger partial charge in [0.15, 0.2) is 6.29 Å². The number of hydrogen-bond acceptors (Lipinski definition) is 4. The summed E-state index contributed by atoms with van der Waals surface area (Å²) in [6.45, 7) is 8.95. The molecule has 0 aromatic rings. The van der Waals surface area contributed by atoms with E-state index in [0.717, 1.165) is 45.2 Å². The maximum absolute atomic E-state index is 10.2. The molecule has 2 fully saturated rings. The van der Waals surface area contributed by atoms with E-state index in [0.29, 0.717) is 6.42 Å². The zero-order valence-electron chi connectivity index (χ0n) is 12.0. The summed E-state index contributed by atoms with van der Waals surface area (Å²) in [6.07, 6.45) is 7.43. The summed E-state index contributed by atoms with van der Waals surface area (Å²) in [6, 6.07) is 0. The average molecular weight is 267 g/mol. The molecule has 2 rings (SSSR count). The predicted octanol–water partition coefficient (Wildman–Crippen LogP) is 1.31. The van der Waals surface area contributed by atoms with Crippen LogP contribution in [0.5, 0.6) is 0 Å². The molecule has 4 heteroatoms. The highest BCUT2D eigenvalue weighted by atomic mass is 16.5. The van der Waals surface area contributed by atoms with E-state index >= 15 is 0 Å². The Bertz CT molecular complexity index is 247. The second kappa shape index (κ2) is 8.67. The molecule has 19 heavy (non-hydrogen) atoms. The highest BCUT2D eigenvalue weighted by Crippen LogP contribution is 2.18. The van der Waals surface area contributed by atoms with Crippen LogP contribution in [0, 0.1) is 5.92 Å². The van der Waals surface area contributed by atoms with Crippen LogP contribution in [0.25, 0.3) is 0 Å². The summed E-state index contributed by atoms with van der Waals surface area (Å²) in [5, 5.41) is 0. The van der Waals surface area contributed by atoms with Crippen LogP contribution in [0.2, 0.25) is 0 Å². The van der Waals surface area contributed by atoms with Crippen LogP contribution >= 0.6 is 0 Å². The van der Waals surface area contributed by atoms with Gasteiger partial charge < -0.3 is 14.5 Å². The summed E-state index contributed by atoms with van der Waals surface area (Å²) in [5.74, 6) is 0.820. The van der Waals surface area contributed by atoms with Gasteiger partial charge in [0.1, 0.15) is 0 Å². The summed E-state index contributed by atoms with van der Waals surface area (Å²) < 4.78 is 5.41. The van der Waals surface area contributed by atoms with Gasteiger partial charge in [-0.1, -0.05) is 0 Å². The van der Waals surface area contributed by atoms with Gasteiger partial charge in [0, 0.05) is 45.8 Å². The number of ether oxygens (including phenoxy) is 1. The molecule has 1 atom stereocenters. The van der Waals surface area contributed by atoms with Crippen molar-refractivity contribution in [3.63, 3.8) is 0 Å². The highest BCUT2D eigenvalue weighted by Gasteiger charge is 2.18. The van der Waals surface area contributed by atoms with Crippen LogP contribution in [0.4, 0.5) is 0 Å². The molecule has 2 saturated heterocycles. The van der Waals surface area contributed by atoms with Crippen LogP contribution < -0.4 is 0 Å². The predicted molar refractivity (Wildman–Crippen MR) is 76.0 cm³/mol. The van der Waals surface area contributed by atoms with E-state index in [-0.39, 0.29) is 0 Å². The molecule has 0 aromatic carbocycles. The Balaban J connectivity index is 1.49. The van der Waals surface area contributed by atoms with Crippen molar-refractivity contribution in [1.29, 1.82) is 0 Å². The minimum Gasteiger partial charge on any atom is -0.381 e. The first-order chi connectivity index (χ1) is 9.38. The van der Waals surface area contributed by atoms with Gasteiger partial charge in [-0.15, -0.1) is 0 Å². The van der Waals surface area contributed by atoms with E-state index in [2.05, 4.69) is 9.80 Å². The topological polar surface area (TPSA) is 32.8 Å². The normalized spacial score (nSPS) is 25.8. The maximum Gasteiger partial charge on any atom is 0.198 e. The number of rotatable bonds is 8. The van der Waals surface area contributed by atoms with Crippen LogP contribution in [-0.2, 0) is 9.53 Å². The van der Waals surface area contributed by atoms with Gasteiger partial charge in [-0.2, -0.15) is 0 Å². The molecule has 1 unspecified atom stereocenters. The molecule has 4 nitrogen and oxygen atoms in total. The van der Waals surface area contributed by atoms with Crippen molar-refractivity contribution in [1.82, 2.24) is 9.80 Å². The van der Waals surface area contributed by atoms with Crippen LogP contribution in [0.15, 0.2) is 0 Å². The van der Waals surface area contributed by atoms with Gasteiger partial charge in [0.25, 0.3) is 0 Å². The van der Waals surface area contributed by atoms with Crippen molar-refractivity contribution in [2.75, 3.05) is 52.5 Å². The lowest BCUT2D eigenvalue weighted by Gasteiger charge is -2.34. The van der Waals surface area contributed by atoms with Gasteiger partial charge in [0.05, 0.1) is 0 Å². The molecule has 2 aliphatic rings. The smallest absolute Gasteiger partial charge is 0.198 e. The Morgan fingerprint density at radius 3 is 2.32 bits per heavy atom. The van der Waals surface area contributed by atoms with Crippen LogP contribution in [0.3, 0.4) is 0 Å². The first-order valence-electron chi connectivity index (χ1n) is 7.76. The van der Waals surface area contributed by atoms with E-state index in [4.69, 9.17) is 4.74 Å². The van der Waals surface area contributed by atoms with E-state index in [1.165, 1.54) is 38.9 Å². The Labute approximate surface area is 117 Å². The highest BCUT2D eigenvalue weighted by molar-refractivity contribution is 5.50. The SMILES string of the molecule is O=[C]CCCN1CCN(CCCC2CCOC2)CC1. The van der Waals surface area contributed by atoms with Gasteiger partial charge in [-0.05, 0) is 44.7 Å². The molecule has 0 aliphatic carbocycles. The standard InChI is InChI=1S/C15H27N2O2/c18-12-2-1-6-16-8-10-17(11-9-16)7-3-4-15-5-13-19-14-15/h15H,1-11,13-14H2. The molecule has 0 saturated carbocycles. The summed E-state index contributed by atoms with van der Waals surface area (Å²) in [7, 11) is 0. The molecule has 0 amide bonds. The average Bonchev–Trinajstić information content (AvgIpc) is 2.94. The number of nitrogens with zero attached hydrogens (tertiary/aromatic N) is 2. The van der Waals surface area contributed by atoms with Gasteiger partial charge in [-0.25, -0.2) is 0 Å². The van der Waals surface area contributed by atoms with Crippen molar-refractivity contribution in [2.24, 2.45) is 5.92 Å². The zero-order chi connectivity index (χ0) is 13.3. The van der Waals surface area contributed by atoms with Crippen molar-refractivity contribution >= 4 is 6.29 Å². The molecule has 2 aliphatic heterocycles. The van der Waals surface area contributed by atoms with Gasteiger partial charge in [0.2, 0.25) is 0 Å². The molecule has 2 heterocycles. The fourth-order valence-electron chi connectivity index (χ4n) is 3.03. The van der Waals surface area contributed by atoms with Gasteiger partial charge in [-0.3, -0.25) is 4.79 Å². The fraction of sp³-hybridized carbons (Fsp3) is 0.933. The second-order valence-corrected chi connectivity index (χ2v) is 5.80. The quantitative estimate of drug-likeness (QED) is 0.621. The second-order valence-electron chi connectivity index (χ2n) is 5.80. The molecule has 0 N–H and O–H groups in total. The first-order valence-corrected chi connectivity index (χ1v) is 7.76. The minimum absolute atomic E-state index is 0.587. The minimum atomic E-state index is 0.587. The first kappa shape index (κ1) is 14.9. The lowest BCUT2D eigenvalue weighted by atomic mass is 10.0. The third-order valence-electron chi connectivity index (χ3n) is 4.33. The van der Waals surface area contributed by atoms with E-state index in [1.54, 1.807) is 0 Å².